The van der Waals surface area contributed by atoms with Crippen molar-refractivity contribution in [1.29, 1.82) is 0 Å². The van der Waals surface area contributed by atoms with Gasteiger partial charge in [0, 0.05) is 32.1 Å². The van der Waals surface area contributed by atoms with Gasteiger partial charge in [-0.1, -0.05) is 5.16 Å². The van der Waals surface area contributed by atoms with Gasteiger partial charge < -0.3 is 19.3 Å². The number of carbonyl (C=O) groups excluding carboxylic acids is 1. The van der Waals surface area contributed by atoms with E-state index >= 15 is 0 Å². The van der Waals surface area contributed by atoms with Gasteiger partial charge in [0.2, 0.25) is 0 Å². The van der Waals surface area contributed by atoms with E-state index in [0.717, 1.165) is 50.7 Å². The predicted octanol–water partition coefficient (Wildman–Crippen LogP) is 1.01. The largest absolute Gasteiger partial charge is 0.361 e. The minimum atomic E-state index is 0.0102. The van der Waals surface area contributed by atoms with E-state index in [0.29, 0.717) is 23.6 Å². The van der Waals surface area contributed by atoms with Crippen molar-refractivity contribution >= 4 is 5.91 Å². The minimum absolute atomic E-state index is 0.0102. The van der Waals surface area contributed by atoms with Gasteiger partial charge in [0.25, 0.3) is 5.91 Å². The molecule has 2 aliphatic rings. The maximum atomic E-state index is 12.9. The Hall–Kier alpha value is -2.22. The quantitative estimate of drug-likeness (QED) is 0.884. The van der Waals surface area contributed by atoms with Crippen LogP contribution in [0.25, 0.3) is 0 Å². The Morgan fingerprint density at radius 1 is 1.29 bits per heavy atom. The number of nitrogens with zero attached hydrogens (tertiary/aromatic N) is 5. The van der Waals surface area contributed by atoms with Crippen molar-refractivity contribution in [1.82, 2.24) is 30.1 Å². The maximum Gasteiger partial charge on any atom is 0.259 e. The summed E-state index contributed by atoms with van der Waals surface area (Å²) in [6.07, 6.45) is 2.01. The summed E-state index contributed by atoms with van der Waals surface area (Å²) in [4.78, 5) is 14.8. The molecule has 8 nitrogen and oxygen atoms in total. The molecule has 0 bridgehead atoms. The number of amides is 1. The average Bonchev–Trinajstić information content (AvgIpc) is 3.18. The van der Waals surface area contributed by atoms with Crippen molar-refractivity contribution in [2.45, 2.75) is 45.7 Å². The van der Waals surface area contributed by atoms with Crippen molar-refractivity contribution in [3.8, 4) is 0 Å². The highest BCUT2D eigenvalue weighted by Crippen LogP contribution is 2.28. The van der Waals surface area contributed by atoms with Crippen molar-refractivity contribution in [2.24, 2.45) is 0 Å². The molecule has 0 spiro atoms. The first-order valence-electron chi connectivity index (χ1n) is 8.50. The molecule has 0 aliphatic carbocycles. The van der Waals surface area contributed by atoms with E-state index in [2.05, 4.69) is 25.2 Å². The van der Waals surface area contributed by atoms with Gasteiger partial charge >= 0.3 is 0 Å². The molecule has 0 saturated carbocycles. The molecule has 1 saturated heterocycles. The highest BCUT2D eigenvalue weighted by molar-refractivity contribution is 5.96. The van der Waals surface area contributed by atoms with Crippen LogP contribution in [0.2, 0.25) is 0 Å². The lowest BCUT2D eigenvalue weighted by Gasteiger charge is -2.32. The second kappa shape index (κ2) is 6.01. The fourth-order valence-electron chi connectivity index (χ4n) is 3.74. The molecule has 1 N–H and O–H groups in total. The van der Waals surface area contributed by atoms with Crippen molar-refractivity contribution in [2.75, 3.05) is 19.6 Å². The van der Waals surface area contributed by atoms with E-state index in [-0.39, 0.29) is 11.8 Å². The lowest BCUT2D eigenvalue weighted by molar-refractivity contribution is 0.0700. The molecule has 0 radical (unpaired) electrons. The molecule has 2 aliphatic heterocycles. The second-order valence-electron chi connectivity index (χ2n) is 6.59. The number of piperidine rings is 1. The molecular formula is C16H22N6O2. The molecule has 1 unspecified atom stereocenters. The average molecular weight is 330 g/mol. The van der Waals surface area contributed by atoms with E-state index in [1.807, 2.05) is 11.8 Å². The molecule has 2 aromatic heterocycles. The number of hydrogen-bond donors (Lipinski definition) is 1. The topological polar surface area (TPSA) is 89.1 Å². The van der Waals surface area contributed by atoms with Crippen LogP contribution >= 0.6 is 0 Å². The first-order valence-corrected chi connectivity index (χ1v) is 8.50. The van der Waals surface area contributed by atoms with Crippen LogP contribution in [-0.2, 0) is 13.1 Å². The van der Waals surface area contributed by atoms with Gasteiger partial charge in [0.1, 0.15) is 23.0 Å². The van der Waals surface area contributed by atoms with Gasteiger partial charge in [0.05, 0.1) is 12.2 Å². The fraction of sp³-hybridized carbons (Fsp3) is 0.625. The van der Waals surface area contributed by atoms with Crippen LogP contribution < -0.4 is 5.32 Å². The molecule has 1 amide bonds. The molecule has 1 fully saturated rings. The normalized spacial score (nSPS) is 20.9. The van der Waals surface area contributed by atoms with E-state index in [1.165, 1.54) is 0 Å². The van der Waals surface area contributed by atoms with E-state index in [1.54, 1.807) is 6.92 Å². The van der Waals surface area contributed by atoms with E-state index in [9.17, 15) is 4.79 Å². The summed E-state index contributed by atoms with van der Waals surface area (Å²) in [5.74, 6) is 2.84. The van der Waals surface area contributed by atoms with Crippen LogP contribution in [0.5, 0.6) is 0 Å². The van der Waals surface area contributed by atoms with Crippen LogP contribution in [0.15, 0.2) is 4.52 Å². The van der Waals surface area contributed by atoms with Gasteiger partial charge in [-0.05, 0) is 26.7 Å². The van der Waals surface area contributed by atoms with Crippen molar-refractivity contribution in [3.63, 3.8) is 0 Å². The standard InChI is InChI=1S/C16H22N6O2/c1-10-14(11(2)24-20-10)16(23)21-6-3-4-12(9-21)15-19-18-13-8-17-5-7-22(13)15/h12,17H,3-9H2,1-2H3. The van der Waals surface area contributed by atoms with Gasteiger partial charge in [-0.25, -0.2) is 0 Å². The summed E-state index contributed by atoms with van der Waals surface area (Å²) in [6, 6.07) is 0. The Morgan fingerprint density at radius 3 is 2.96 bits per heavy atom. The van der Waals surface area contributed by atoms with E-state index in [4.69, 9.17) is 4.52 Å². The Morgan fingerprint density at radius 2 is 2.17 bits per heavy atom. The van der Waals surface area contributed by atoms with Crippen LogP contribution in [-0.4, -0.2) is 50.4 Å². The van der Waals surface area contributed by atoms with Crippen LogP contribution in [0.3, 0.4) is 0 Å². The Balaban J connectivity index is 1.56. The summed E-state index contributed by atoms with van der Waals surface area (Å²) >= 11 is 0. The summed E-state index contributed by atoms with van der Waals surface area (Å²) in [7, 11) is 0. The van der Waals surface area contributed by atoms with Gasteiger partial charge in [-0.15, -0.1) is 10.2 Å². The molecule has 24 heavy (non-hydrogen) atoms. The van der Waals surface area contributed by atoms with Gasteiger partial charge in [-0.2, -0.15) is 0 Å². The highest BCUT2D eigenvalue weighted by atomic mass is 16.5. The first kappa shape index (κ1) is 15.3. The molecule has 0 aromatic carbocycles. The zero-order chi connectivity index (χ0) is 16.7. The maximum absolute atomic E-state index is 12.9. The molecule has 4 heterocycles. The molecule has 128 valence electrons. The number of fused-ring (bicyclic) bond motifs is 1. The molecule has 8 heteroatoms. The summed E-state index contributed by atoms with van der Waals surface area (Å²) in [5, 5.41) is 15.9. The van der Waals surface area contributed by atoms with Gasteiger partial charge in [0.15, 0.2) is 0 Å². The smallest absolute Gasteiger partial charge is 0.259 e. The predicted molar refractivity (Wildman–Crippen MR) is 85.6 cm³/mol. The second-order valence-corrected chi connectivity index (χ2v) is 6.59. The number of aromatic nitrogens is 4. The van der Waals surface area contributed by atoms with Crippen LogP contribution in [0, 0.1) is 13.8 Å². The number of likely N-dealkylation sites (tertiary alicyclic amines) is 1. The lowest BCUT2D eigenvalue weighted by Crippen LogP contribution is -2.40. The third-order valence-corrected chi connectivity index (χ3v) is 4.97. The monoisotopic (exact) mass is 330 g/mol. The zero-order valence-corrected chi connectivity index (χ0v) is 14.1. The summed E-state index contributed by atoms with van der Waals surface area (Å²) in [6.45, 7) is 7.64. The Kier molecular flexibility index (Phi) is 3.84. The molecule has 1 atom stereocenters. The Labute approximate surface area is 140 Å². The highest BCUT2D eigenvalue weighted by Gasteiger charge is 2.32. The summed E-state index contributed by atoms with van der Waals surface area (Å²) in [5.41, 5.74) is 1.26. The molecular weight excluding hydrogens is 308 g/mol. The van der Waals surface area contributed by atoms with Crippen LogP contribution in [0.1, 0.15) is 52.2 Å². The van der Waals surface area contributed by atoms with Crippen molar-refractivity contribution in [3.05, 3.63) is 28.7 Å². The van der Waals surface area contributed by atoms with Gasteiger partial charge in [-0.3, -0.25) is 4.79 Å². The number of aryl methyl sites for hydroxylation is 2. The Bertz CT molecular complexity index is 745. The fourth-order valence-corrected chi connectivity index (χ4v) is 3.74. The third-order valence-electron chi connectivity index (χ3n) is 4.97. The molecule has 4 rings (SSSR count). The number of nitrogens with one attached hydrogen (secondary N) is 1. The SMILES string of the molecule is Cc1noc(C)c1C(=O)N1CCCC(c2nnc3n2CCNC3)C1. The number of carbonyl (C=O) groups is 1. The van der Waals surface area contributed by atoms with E-state index < -0.39 is 0 Å². The number of hydrogen-bond acceptors (Lipinski definition) is 6. The third kappa shape index (κ3) is 2.50. The zero-order valence-electron chi connectivity index (χ0n) is 14.1. The minimum Gasteiger partial charge on any atom is -0.361 e. The van der Waals surface area contributed by atoms with Crippen molar-refractivity contribution < 1.29 is 9.32 Å². The van der Waals surface area contributed by atoms with Crippen LogP contribution in [0.4, 0.5) is 0 Å². The lowest BCUT2D eigenvalue weighted by atomic mass is 9.96. The molecule has 2 aromatic rings. The first-order chi connectivity index (χ1) is 11.6. The number of rotatable bonds is 2. The summed E-state index contributed by atoms with van der Waals surface area (Å²) < 4.78 is 7.36.